The van der Waals surface area contributed by atoms with E-state index < -0.39 is 0 Å². The lowest BCUT2D eigenvalue weighted by atomic mass is 9.95. The molecule has 0 fully saturated rings. The summed E-state index contributed by atoms with van der Waals surface area (Å²) >= 11 is 0. The Balaban J connectivity index is 1.72. The first-order valence-corrected chi connectivity index (χ1v) is 9.02. The van der Waals surface area contributed by atoms with Gasteiger partial charge in [-0.1, -0.05) is 50.6 Å². The lowest BCUT2D eigenvalue weighted by Crippen LogP contribution is -2.19. The topological polar surface area (TPSA) is 27.1 Å². The van der Waals surface area contributed by atoms with Gasteiger partial charge in [-0.05, 0) is 44.0 Å². The molecule has 25 heavy (non-hydrogen) atoms. The molecule has 0 spiro atoms. The van der Waals surface area contributed by atoms with Crippen molar-refractivity contribution in [2.45, 2.75) is 53.0 Å². The SMILES string of the molecule is Cc1ccc(OCCCn2c(C(C)(C)C)nc3ccccc32)c(C)c1. The molecule has 0 unspecified atom stereocenters. The summed E-state index contributed by atoms with van der Waals surface area (Å²) in [5.74, 6) is 2.12. The Morgan fingerprint density at radius 2 is 1.80 bits per heavy atom. The third-order valence-electron chi connectivity index (χ3n) is 4.44. The van der Waals surface area contributed by atoms with Gasteiger partial charge in [0.05, 0.1) is 17.6 Å². The monoisotopic (exact) mass is 336 g/mol. The van der Waals surface area contributed by atoms with Crippen LogP contribution in [0, 0.1) is 13.8 Å². The highest BCUT2D eigenvalue weighted by Gasteiger charge is 2.22. The van der Waals surface area contributed by atoms with Crippen LogP contribution in [0.4, 0.5) is 0 Å². The Hall–Kier alpha value is -2.29. The smallest absolute Gasteiger partial charge is 0.122 e. The third-order valence-corrected chi connectivity index (χ3v) is 4.44. The lowest BCUT2D eigenvalue weighted by Gasteiger charge is -2.20. The van der Waals surface area contributed by atoms with Gasteiger partial charge in [0.2, 0.25) is 0 Å². The van der Waals surface area contributed by atoms with Gasteiger partial charge >= 0.3 is 0 Å². The van der Waals surface area contributed by atoms with Crippen LogP contribution in [-0.2, 0) is 12.0 Å². The van der Waals surface area contributed by atoms with E-state index in [0.717, 1.165) is 30.1 Å². The van der Waals surface area contributed by atoms with Crippen LogP contribution in [0.25, 0.3) is 11.0 Å². The van der Waals surface area contributed by atoms with Crippen LogP contribution >= 0.6 is 0 Å². The van der Waals surface area contributed by atoms with Crippen molar-refractivity contribution in [2.24, 2.45) is 0 Å². The number of hydrogen-bond acceptors (Lipinski definition) is 2. The number of para-hydroxylation sites is 2. The van der Waals surface area contributed by atoms with Gasteiger partial charge in [-0.2, -0.15) is 0 Å². The number of rotatable bonds is 5. The highest BCUT2D eigenvalue weighted by Crippen LogP contribution is 2.26. The average Bonchev–Trinajstić information content (AvgIpc) is 2.92. The van der Waals surface area contributed by atoms with E-state index in [-0.39, 0.29) is 5.41 Å². The predicted molar refractivity (Wildman–Crippen MR) is 104 cm³/mol. The first-order chi connectivity index (χ1) is 11.9. The van der Waals surface area contributed by atoms with E-state index >= 15 is 0 Å². The first-order valence-electron chi connectivity index (χ1n) is 9.02. The van der Waals surface area contributed by atoms with Crippen molar-refractivity contribution in [3.8, 4) is 5.75 Å². The van der Waals surface area contributed by atoms with E-state index in [1.165, 1.54) is 16.6 Å². The Bertz CT molecular complexity index is 871. The standard InChI is InChI=1S/C22H28N2O/c1-16-11-12-20(17(2)15-16)25-14-8-13-24-19-10-7-6-9-18(19)23-21(24)22(3,4)5/h6-7,9-12,15H,8,13-14H2,1-5H3. The van der Waals surface area contributed by atoms with Crippen molar-refractivity contribution < 1.29 is 4.74 Å². The molecule has 2 aromatic carbocycles. The van der Waals surface area contributed by atoms with E-state index in [1.54, 1.807) is 0 Å². The van der Waals surface area contributed by atoms with Crippen LogP contribution in [0.3, 0.4) is 0 Å². The summed E-state index contributed by atoms with van der Waals surface area (Å²) in [6.45, 7) is 12.5. The maximum Gasteiger partial charge on any atom is 0.122 e. The number of ether oxygens (including phenoxy) is 1. The molecule has 3 heteroatoms. The molecule has 1 aromatic heterocycles. The molecule has 0 aliphatic heterocycles. The van der Waals surface area contributed by atoms with Gasteiger partial charge in [-0.15, -0.1) is 0 Å². The summed E-state index contributed by atoms with van der Waals surface area (Å²) in [7, 11) is 0. The summed E-state index contributed by atoms with van der Waals surface area (Å²) < 4.78 is 8.34. The van der Waals surface area contributed by atoms with Crippen molar-refractivity contribution in [1.29, 1.82) is 0 Å². The molecular formula is C22H28N2O. The zero-order valence-electron chi connectivity index (χ0n) is 16.0. The normalized spacial score (nSPS) is 11.9. The Labute approximate surface area is 150 Å². The number of fused-ring (bicyclic) bond motifs is 1. The van der Waals surface area contributed by atoms with Gasteiger partial charge < -0.3 is 9.30 Å². The van der Waals surface area contributed by atoms with E-state index in [9.17, 15) is 0 Å². The largest absolute Gasteiger partial charge is 0.493 e. The Morgan fingerprint density at radius 3 is 2.52 bits per heavy atom. The van der Waals surface area contributed by atoms with Gasteiger partial charge in [0.1, 0.15) is 11.6 Å². The maximum absolute atomic E-state index is 5.99. The van der Waals surface area contributed by atoms with Gasteiger partial charge in [-0.3, -0.25) is 0 Å². The number of nitrogens with zero attached hydrogens (tertiary/aromatic N) is 2. The van der Waals surface area contributed by atoms with Crippen LogP contribution in [0.5, 0.6) is 5.75 Å². The molecule has 0 aliphatic carbocycles. The van der Waals surface area contributed by atoms with Crippen LogP contribution in [-0.4, -0.2) is 16.2 Å². The van der Waals surface area contributed by atoms with Crippen molar-refractivity contribution in [2.75, 3.05) is 6.61 Å². The Kier molecular flexibility index (Phi) is 4.85. The fraction of sp³-hybridized carbons (Fsp3) is 0.409. The first kappa shape index (κ1) is 17.5. The molecule has 0 amide bonds. The quantitative estimate of drug-likeness (QED) is 0.582. The lowest BCUT2D eigenvalue weighted by molar-refractivity contribution is 0.298. The van der Waals surface area contributed by atoms with Crippen LogP contribution in [0.2, 0.25) is 0 Å². The zero-order chi connectivity index (χ0) is 18.0. The summed E-state index contributed by atoms with van der Waals surface area (Å²) in [4.78, 5) is 4.87. The predicted octanol–water partition coefficient (Wildman–Crippen LogP) is 5.42. The summed E-state index contributed by atoms with van der Waals surface area (Å²) in [6.07, 6.45) is 0.955. The molecule has 132 valence electrons. The van der Waals surface area contributed by atoms with Gasteiger partial charge in [-0.25, -0.2) is 4.98 Å². The Morgan fingerprint density at radius 1 is 1.04 bits per heavy atom. The average molecular weight is 336 g/mol. The molecule has 3 nitrogen and oxygen atoms in total. The number of benzene rings is 2. The number of hydrogen-bond donors (Lipinski definition) is 0. The second kappa shape index (κ2) is 6.91. The number of imidazole rings is 1. The molecule has 1 heterocycles. The molecule has 0 radical (unpaired) electrons. The van der Waals surface area contributed by atoms with E-state index in [2.05, 4.69) is 81.7 Å². The van der Waals surface area contributed by atoms with Gasteiger partial charge in [0, 0.05) is 12.0 Å². The summed E-state index contributed by atoms with van der Waals surface area (Å²) in [5, 5.41) is 0. The van der Waals surface area contributed by atoms with Crippen molar-refractivity contribution in [3.05, 3.63) is 59.4 Å². The highest BCUT2D eigenvalue weighted by atomic mass is 16.5. The molecule has 0 atom stereocenters. The van der Waals surface area contributed by atoms with Crippen LogP contribution < -0.4 is 4.74 Å². The fourth-order valence-electron chi connectivity index (χ4n) is 3.24. The molecule has 3 aromatic rings. The summed E-state index contributed by atoms with van der Waals surface area (Å²) in [6, 6.07) is 14.7. The van der Waals surface area contributed by atoms with E-state index in [1.807, 2.05) is 0 Å². The van der Waals surface area contributed by atoms with Crippen molar-refractivity contribution in [1.82, 2.24) is 9.55 Å². The molecule has 0 saturated carbocycles. The molecule has 3 rings (SSSR count). The van der Waals surface area contributed by atoms with Crippen LogP contribution in [0.15, 0.2) is 42.5 Å². The number of aryl methyl sites for hydroxylation is 3. The summed E-state index contributed by atoms with van der Waals surface area (Å²) in [5.41, 5.74) is 4.77. The zero-order valence-corrected chi connectivity index (χ0v) is 16.0. The third kappa shape index (κ3) is 3.87. The molecule has 0 N–H and O–H groups in total. The minimum absolute atomic E-state index is 0.0213. The van der Waals surface area contributed by atoms with Crippen molar-refractivity contribution >= 4 is 11.0 Å². The van der Waals surface area contributed by atoms with Crippen LogP contribution in [0.1, 0.15) is 44.1 Å². The number of aromatic nitrogens is 2. The second-order valence-corrected chi connectivity index (χ2v) is 7.80. The van der Waals surface area contributed by atoms with E-state index in [4.69, 9.17) is 9.72 Å². The molecule has 0 saturated heterocycles. The maximum atomic E-state index is 5.99. The van der Waals surface area contributed by atoms with Crippen molar-refractivity contribution in [3.63, 3.8) is 0 Å². The second-order valence-electron chi connectivity index (χ2n) is 7.80. The highest BCUT2D eigenvalue weighted by molar-refractivity contribution is 5.76. The van der Waals surface area contributed by atoms with Gasteiger partial charge in [0.15, 0.2) is 0 Å². The minimum atomic E-state index is 0.0213. The van der Waals surface area contributed by atoms with E-state index in [0.29, 0.717) is 6.61 Å². The molecule has 0 aliphatic rings. The minimum Gasteiger partial charge on any atom is -0.493 e. The molecule has 0 bridgehead atoms. The fourth-order valence-corrected chi connectivity index (χ4v) is 3.24. The van der Waals surface area contributed by atoms with Gasteiger partial charge in [0.25, 0.3) is 0 Å². The molecular weight excluding hydrogens is 308 g/mol.